The molecule has 0 aliphatic carbocycles. The minimum Gasteiger partial charge on any atom is -0.355 e. The van der Waals surface area contributed by atoms with E-state index in [9.17, 15) is 22.9 Å². The topological polar surface area (TPSA) is 135 Å². The van der Waals surface area contributed by atoms with Crippen LogP contribution in [0.25, 0.3) is 11.1 Å². The number of aryl methyl sites for hydroxylation is 1. The average molecular weight is 619 g/mol. The lowest BCUT2D eigenvalue weighted by atomic mass is 10.0. The smallest absolute Gasteiger partial charge is 0.355 e. The molecule has 0 spiro atoms. The molecule has 0 saturated heterocycles. The number of nitrogens with one attached hydrogen (secondary N) is 3. The Labute approximate surface area is 247 Å². The van der Waals surface area contributed by atoms with Crippen LogP contribution in [0.15, 0.2) is 61.1 Å². The van der Waals surface area contributed by atoms with Gasteiger partial charge in [0.05, 0.1) is 30.7 Å². The van der Waals surface area contributed by atoms with Crippen LogP contribution in [-0.2, 0) is 28.4 Å². The van der Waals surface area contributed by atoms with Gasteiger partial charge in [0, 0.05) is 37.7 Å². The number of anilines is 4. The monoisotopic (exact) mass is 618 g/mol. The number of halogens is 3. The molecule has 2 heterocycles. The molecule has 0 radical (unpaired) electrons. The van der Waals surface area contributed by atoms with E-state index in [-0.39, 0.29) is 23.4 Å². The molecular weight excluding hydrogens is 586 g/mol. The maximum atomic E-state index is 13.9. The zero-order valence-electron chi connectivity index (χ0n) is 23.9. The average Bonchev–Trinajstić information content (AvgIpc) is 3.40. The van der Waals surface area contributed by atoms with Gasteiger partial charge in [0.2, 0.25) is 5.95 Å². The Morgan fingerprint density at radius 3 is 2.30 bits per heavy atom. The van der Waals surface area contributed by atoms with E-state index >= 15 is 0 Å². The minimum atomic E-state index is -4.77. The van der Waals surface area contributed by atoms with Gasteiger partial charge in [-0.3, -0.25) is 9.48 Å². The first-order chi connectivity index (χ1) is 20.4. The second-order valence-electron chi connectivity index (χ2n) is 9.27. The molecule has 2 aromatic heterocycles. The van der Waals surface area contributed by atoms with Gasteiger partial charge in [0.1, 0.15) is 11.4 Å². The Morgan fingerprint density at radius 1 is 1.02 bits per heavy atom. The summed E-state index contributed by atoms with van der Waals surface area (Å²) in [4.78, 5) is 31.3. The maximum absolute atomic E-state index is 13.9. The SMILES string of the molecule is CCO[P+](O)(Cc1ccc(Nc2ncc(C(F)(F)F)c(Nc3ccc(-c4cnn(C)c4)cc3C(=O)NC)n2)cc1)OCC. The summed E-state index contributed by atoms with van der Waals surface area (Å²) in [5.74, 6) is -1.15. The molecule has 228 valence electrons. The van der Waals surface area contributed by atoms with Crippen molar-refractivity contribution in [3.63, 3.8) is 0 Å². The quantitative estimate of drug-likeness (QED) is 0.140. The van der Waals surface area contributed by atoms with Crippen LogP contribution in [0.4, 0.5) is 36.3 Å². The van der Waals surface area contributed by atoms with E-state index in [1.54, 1.807) is 74.4 Å². The van der Waals surface area contributed by atoms with Crippen molar-refractivity contribution in [1.82, 2.24) is 25.1 Å². The lowest BCUT2D eigenvalue weighted by Crippen LogP contribution is -2.20. The van der Waals surface area contributed by atoms with Gasteiger partial charge in [-0.2, -0.15) is 37.2 Å². The van der Waals surface area contributed by atoms with Gasteiger partial charge in [0.15, 0.2) is 6.16 Å². The molecule has 4 N–H and O–H groups in total. The van der Waals surface area contributed by atoms with E-state index < -0.39 is 31.4 Å². The van der Waals surface area contributed by atoms with Crippen LogP contribution in [0.5, 0.6) is 0 Å². The number of amides is 1. The van der Waals surface area contributed by atoms with Crippen molar-refractivity contribution < 1.29 is 31.9 Å². The molecule has 11 nitrogen and oxygen atoms in total. The van der Waals surface area contributed by atoms with Crippen LogP contribution in [0.1, 0.15) is 35.3 Å². The van der Waals surface area contributed by atoms with Gasteiger partial charge in [-0.25, -0.2) is 4.98 Å². The molecule has 4 aromatic rings. The highest BCUT2D eigenvalue weighted by molar-refractivity contribution is 7.59. The summed E-state index contributed by atoms with van der Waals surface area (Å²) in [6.07, 6.45) is -0.553. The number of hydrogen-bond donors (Lipinski definition) is 4. The van der Waals surface area contributed by atoms with E-state index in [4.69, 9.17) is 9.05 Å². The molecular formula is C28H32F3N7O4P+. The van der Waals surface area contributed by atoms with Gasteiger partial charge in [0.25, 0.3) is 5.91 Å². The van der Waals surface area contributed by atoms with Crippen molar-refractivity contribution >= 4 is 37.0 Å². The predicted molar refractivity (Wildman–Crippen MR) is 158 cm³/mol. The van der Waals surface area contributed by atoms with Crippen LogP contribution in [0.2, 0.25) is 0 Å². The molecule has 2 aromatic carbocycles. The number of carbonyl (C=O) groups excluding carboxylic acids is 1. The molecule has 4 rings (SSSR count). The fraction of sp³-hybridized carbons (Fsp3) is 0.286. The minimum absolute atomic E-state index is 0.107. The summed E-state index contributed by atoms with van der Waals surface area (Å²) in [6, 6.07) is 11.5. The Balaban J connectivity index is 1.62. The van der Waals surface area contributed by atoms with Gasteiger partial charge in [-0.15, -0.1) is 0 Å². The molecule has 1 amide bonds. The molecule has 0 aliphatic rings. The molecule has 0 aliphatic heterocycles. The van der Waals surface area contributed by atoms with Crippen LogP contribution in [0.3, 0.4) is 0 Å². The first-order valence-corrected chi connectivity index (χ1v) is 15.0. The molecule has 0 atom stereocenters. The summed E-state index contributed by atoms with van der Waals surface area (Å²) in [6.45, 7) is 4.12. The number of benzene rings is 2. The number of nitrogens with zero attached hydrogens (tertiary/aromatic N) is 4. The summed E-state index contributed by atoms with van der Waals surface area (Å²) in [5.41, 5.74) is 1.75. The number of alkyl halides is 3. The Bertz CT molecular complexity index is 1560. The van der Waals surface area contributed by atoms with E-state index in [2.05, 4.69) is 31.0 Å². The van der Waals surface area contributed by atoms with Crippen molar-refractivity contribution in [3.05, 3.63) is 77.7 Å². The lowest BCUT2D eigenvalue weighted by molar-refractivity contribution is -0.137. The third-order valence-corrected chi connectivity index (χ3v) is 8.22. The zero-order valence-corrected chi connectivity index (χ0v) is 24.8. The number of carbonyl (C=O) groups is 1. The van der Waals surface area contributed by atoms with Crippen molar-refractivity contribution in [1.29, 1.82) is 0 Å². The largest absolute Gasteiger partial charge is 0.421 e. The molecule has 15 heteroatoms. The van der Waals surface area contributed by atoms with Gasteiger partial charge >= 0.3 is 14.1 Å². The summed E-state index contributed by atoms with van der Waals surface area (Å²) < 4.78 is 54.3. The summed E-state index contributed by atoms with van der Waals surface area (Å²) in [5, 5.41) is 12.2. The van der Waals surface area contributed by atoms with Crippen molar-refractivity contribution in [2.24, 2.45) is 7.05 Å². The highest BCUT2D eigenvalue weighted by Crippen LogP contribution is 2.59. The van der Waals surface area contributed by atoms with Gasteiger partial charge < -0.3 is 16.0 Å². The Morgan fingerprint density at radius 2 is 1.72 bits per heavy atom. The zero-order chi connectivity index (χ0) is 31.2. The van der Waals surface area contributed by atoms with Gasteiger partial charge in [-0.1, -0.05) is 18.2 Å². The molecule has 0 bridgehead atoms. The number of aromatic nitrogens is 4. The Hall–Kier alpha value is -4.10. The Kier molecular flexibility index (Phi) is 9.97. The van der Waals surface area contributed by atoms with Crippen LogP contribution in [0, 0.1) is 0 Å². The maximum Gasteiger partial charge on any atom is 0.421 e. The second-order valence-corrected chi connectivity index (χ2v) is 11.4. The standard InChI is InChI=1S/C28H31F3N7O4P/c1-5-41-43(40,42-6-2)17-18-7-10-21(11-8-18)35-27-33-15-23(28(29,30)31)25(37-27)36-24-12-9-19(13-22(24)26(39)32-3)20-14-34-38(4)16-20/h7-16,40H,5-6,17H2,1-4H3,(H2-,32,33,35,36,37,39)/p+1. The highest BCUT2D eigenvalue weighted by atomic mass is 31.2. The lowest BCUT2D eigenvalue weighted by Gasteiger charge is -2.17. The van der Waals surface area contributed by atoms with Crippen LogP contribution < -0.4 is 16.0 Å². The fourth-order valence-corrected chi connectivity index (χ4v) is 5.92. The summed E-state index contributed by atoms with van der Waals surface area (Å²) >= 11 is 0. The molecule has 0 fully saturated rings. The van der Waals surface area contributed by atoms with Gasteiger partial charge in [-0.05, 0) is 49.2 Å². The number of hydrogen-bond acceptors (Lipinski definition) is 9. The normalized spacial score (nSPS) is 11.8. The molecule has 0 saturated carbocycles. The third kappa shape index (κ3) is 8.05. The van der Waals surface area contributed by atoms with Crippen molar-refractivity contribution in [2.45, 2.75) is 26.2 Å². The fourth-order valence-electron chi connectivity index (χ4n) is 4.18. The van der Waals surface area contributed by atoms with Crippen LogP contribution >= 0.6 is 7.94 Å². The molecule has 43 heavy (non-hydrogen) atoms. The van der Waals surface area contributed by atoms with E-state index in [1.807, 2.05) is 0 Å². The van der Waals surface area contributed by atoms with E-state index in [0.29, 0.717) is 30.7 Å². The van der Waals surface area contributed by atoms with Crippen molar-refractivity contribution in [3.8, 4) is 11.1 Å². The molecule has 0 unspecified atom stereocenters. The number of rotatable bonds is 12. The summed E-state index contributed by atoms with van der Waals surface area (Å²) in [7, 11) is 0.117. The first kappa shape index (κ1) is 31.8. The second kappa shape index (κ2) is 13.5. The van der Waals surface area contributed by atoms with Crippen LogP contribution in [-0.4, -0.2) is 50.8 Å². The first-order valence-electron chi connectivity index (χ1n) is 13.3. The van der Waals surface area contributed by atoms with Crippen molar-refractivity contribution in [2.75, 3.05) is 30.9 Å². The third-order valence-electron chi connectivity index (χ3n) is 6.13. The highest BCUT2D eigenvalue weighted by Gasteiger charge is 2.40. The van der Waals surface area contributed by atoms with E-state index in [1.165, 1.54) is 13.1 Å². The predicted octanol–water partition coefficient (Wildman–Crippen LogP) is 6.07. The van der Waals surface area contributed by atoms with E-state index in [0.717, 1.165) is 11.1 Å².